The average Bonchev–Trinajstić information content (AvgIpc) is 2.44. The summed E-state index contributed by atoms with van der Waals surface area (Å²) in [5.74, 6) is -0.285. The fourth-order valence-electron chi connectivity index (χ4n) is 1.42. The first kappa shape index (κ1) is 16.5. The Morgan fingerprint density at radius 3 is 2.43 bits per heavy atom. The Balaban J connectivity index is 3.07. The summed E-state index contributed by atoms with van der Waals surface area (Å²) >= 11 is 4.62. The number of carboxylic acid groups (broad SMARTS) is 1. The van der Waals surface area contributed by atoms with Gasteiger partial charge in [0.05, 0.1) is 20.4 Å². The highest BCUT2D eigenvalue weighted by molar-refractivity contribution is 7.80. The third kappa shape index (κ3) is 5.15. The number of carboxylic acids is 1. The van der Waals surface area contributed by atoms with Gasteiger partial charge in [-0.25, -0.2) is 4.79 Å². The van der Waals surface area contributed by atoms with Gasteiger partial charge in [0.1, 0.15) is 0 Å². The minimum atomic E-state index is -1.11. The van der Waals surface area contributed by atoms with Crippen molar-refractivity contribution in [2.24, 2.45) is 10.8 Å². The molecular formula is C12H15N3O5S. The third-order valence-corrected chi connectivity index (χ3v) is 2.30. The molecule has 4 N–H and O–H groups in total. The third-order valence-electron chi connectivity index (χ3n) is 2.21. The minimum Gasteiger partial charge on any atom is -0.493 e. The number of thiocarbonyl (C=S) groups is 1. The molecule has 0 aliphatic heterocycles. The van der Waals surface area contributed by atoms with Gasteiger partial charge in [0.15, 0.2) is 23.2 Å². The molecule has 0 amide bonds. The van der Waals surface area contributed by atoms with Crippen LogP contribution in [-0.2, 0) is 4.79 Å². The number of methoxy groups -OCH3 is 2. The van der Waals surface area contributed by atoms with Crippen molar-refractivity contribution in [3.05, 3.63) is 17.7 Å². The van der Waals surface area contributed by atoms with Crippen LogP contribution < -0.4 is 25.4 Å². The van der Waals surface area contributed by atoms with Gasteiger partial charge in [-0.1, -0.05) is 0 Å². The molecule has 0 saturated heterocycles. The lowest BCUT2D eigenvalue weighted by molar-refractivity contribution is -0.139. The molecule has 0 spiro atoms. The molecule has 0 radical (unpaired) electrons. The summed E-state index contributed by atoms with van der Waals surface area (Å²) in [6.45, 7) is -0.511. The Hall–Kier alpha value is -2.55. The number of hydrogen-bond acceptors (Lipinski definition) is 6. The molecule has 1 rings (SSSR count). The van der Waals surface area contributed by atoms with Gasteiger partial charge in [-0.15, -0.1) is 0 Å². The van der Waals surface area contributed by atoms with E-state index in [1.54, 1.807) is 12.1 Å². The number of hydrogen-bond donors (Lipinski definition) is 3. The number of rotatable bonds is 7. The molecule has 0 unspecified atom stereocenters. The molecule has 0 heterocycles. The Morgan fingerprint density at radius 1 is 1.43 bits per heavy atom. The topological polar surface area (TPSA) is 115 Å². The fraction of sp³-hybridized carbons (Fsp3) is 0.250. The highest BCUT2D eigenvalue weighted by Crippen LogP contribution is 2.38. The Labute approximate surface area is 126 Å². The largest absolute Gasteiger partial charge is 0.493 e. The standard InChI is InChI=1S/C12H15N3O5S/c1-18-8-3-7(5-14-15-12(13)21)4-9(19-2)11(8)20-6-10(16)17/h3-5H,6H2,1-2H3,(H,16,17)(H3,13,15,21). The maximum atomic E-state index is 10.6. The van der Waals surface area contributed by atoms with Gasteiger partial charge in [0, 0.05) is 5.56 Å². The van der Waals surface area contributed by atoms with E-state index in [2.05, 4.69) is 22.7 Å². The molecule has 114 valence electrons. The van der Waals surface area contributed by atoms with Gasteiger partial charge in [0.2, 0.25) is 5.75 Å². The number of ether oxygens (including phenoxy) is 3. The van der Waals surface area contributed by atoms with Crippen LogP contribution in [0.2, 0.25) is 0 Å². The van der Waals surface area contributed by atoms with E-state index in [0.29, 0.717) is 17.1 Å². The second kappa shape index (κ2) is 7.90. The maximum absolute atomic E-state index is 10.6. The lowest BCUT2D eigenvalue weighted by Crippen LogP contribution is -2.24. The highest BCUT2D eigenvalue weighted by atomic mass is 32.1. The highest BCUT2D eigenvalue weighted by Gasteiger charge is 2.15. The Morgan fingerprint density at radius 2 is 2.00 bits per heavy atom. The van der Waals surface area contributed by atoms with Gasteiger partial charge in [-0.3, -0.25) is 5.43 Å². The van der Waals surface area contributed by atoms with Crippen LogP contribution in [0.3, 0.4) is 0 Å². The molecule has 0 bridgehead atoms. The number of nitrogens with one attached hydrogen (secondary N) is 1. The predicted octanol–water partition coefficient (Wildman–Crippen LogP) is 0.334. The second-order valence-electron chi connectivity index (χ2n) is 3.67. The van der Waals surface area contributed by atoms with Crippen LogP contribution >= 0.6 is 12.2 Å². The minimum absolute atomic E-state index is 0.0339. The van der Waals surface area contributed by atoms with Gasteiger partial charge in [-0.05, 0) is 24.4 Å². The predicted molar refractivity (Wildman–Crippen MR) is 80.2 cm³/mol. The van der Waals surface area contributed by atoms with E-state index in [-0.39, 0.29) is 10.9 Å². The summed E-state index contributed by atoms with van der Waals surface area (Å²) < 4.78 is 15.5. The van der Waals surface area contributed by atoms with Crippen molar-refractivity contribution in [1.82, 2.24) is 5.43 Å². The molecular weight excluding hydrogens is 298 g/mol. The zero-order valence-corrected chi connectivity index (χ0v) is 12.3. The van der Waals surface area contributed by atoms with E-state index >= 15 is 0 Å². The molecule has 0 saturated carbocycles. The molecule has 9 heteroatoms. The fourth-order valence-corrected chi connectivity index (χ4v) is 1.47. The van der Waals surface area contributed by atoms with Gasteiger partial charge in [-0.2, -0.15) is 5.10 Å². The SMILES string of the molecule is COc1cc(C=NNC(N)=S)cc(OC)c1OCC(=O)O. The summed E-state index contributed by atoms with van der Waals surface area (Å²) in [6, 6.07) is 3.20. The molecule has 0 aliphatic rings. The van der Waals surface area contributed by atoms with Crippen molar-refractivity contribution in [3.8, 4) is 17.2 Å². The quantitative estimate of drug-likeness (QED) is 0.375. The monoisotopic (exact) mass is 313 g/mol. The summed E-state index contributed by atoms with van der Waals surface area (Å²) in [5.41, 5.74) is 8.27. The lowest BCUT2D eigenvalue weighted by Gasteiger charge is -2.14. The van der Waals surface area contributed by atoms with Crippen molar-refractivity contribution < 1.29 is 24.1 Å². The van der Waals surface area contributed by atoms with Crippen LogP contribution in [0.4, 0.5) is 0 Å². The summed E-state index contributed by atoms with van der Waals surface area (Å²) in [7, 11) is 2.85. The molecule has 0 atom stereocenters. The molecule has 21 heavy (non-hydrogen) atoms. The smallest absolute Gasteiger partial charge is 0.341 e. The van der Waals surface area contributed by atoms with Gasteiger partial charge in [0.25, 0.3) is 0 Å². The van der Waals surface area contributed by atoms with E-state index in [0.717, 1.165) is 0 Å². The van der Waals surface area contributed by atoms with Crippen molar-refractivity contribution in [2.45, 2.75) is 0 Å². The second-order valence-corrected chi connectivity index (χ2v) is 4.11. The first-order chi connectivity index (χ1) is 9.97. The van der Waals surface area contributed by atoms with Crippen LogP contribution in [-0.4, -0.2) is 43.2 Å². The zero-order valence-electron chi connectivity index (χ0n) is 11.5. The molecule has 0 fully saturated rings. The van der Waals surface area contributed by atoms with Crippen LogP contribution in [0.5, 0.6) is 17.2 Å². The number of hydrazone groups is 1. The van der Waals surface area contributed by atoms with Gasteiger partial charge < -0.3 is 25.1 Å². The van der Waals surface area contributed by atoms with Gasteiger partial charge >= 0.3 is 5.97 Å². The number of carbonyl (C=O) groups is 1. The number of nitrogens with two attached hydrogens (primary N) is 1. The van der Waals surface area contributed by atoms with E-state index in [4.69, 9.17) is 25.1 Å². The zero-order chi connectivity index (χ0) is 15.8. The summed E-state index contributed by atoms with van der Waals surface area (Å²) in [4.78, 5) is 10.6. The van der Waals surface area contributed by atoms with Crippen molar-refractivity contribution in [3.63, 3.8) is 0 Å². The maximum Gasteiger partial charge on any atom is 0.341 e. The lowest BCUT2D eigenvalue weighted by atomic mass is 10.2. The van der Waals surface area contributed by atoms with E-state index in [9.17, 15) is 4.79 Å². The molecule has 0 aromatic heterocycles. The van der Waals surface area contributed by atoms with E-state index < -0.39 is 12.6 Å². The van der Waals surface area contributed by atoms with Crippen LogP contribution in [0.15, 0.2) is 17.2 Å². The van der Waals surface area contributed by atoms with Crippen LogP contribution in [0, 0.1) is 0 Å². The molecule has 1 aromatic carbocycles. The first-order valence-electron chi connectivity index (χ1n) is 5.67. The summed E-state index contributed by atoms with van der Waals surface area (Å²) in [6.07, 6.45) is 1.45. The number of benzene rings is 1. The van der Waals surface area contributed by atoms with Crippen molar-refractivity contribution in [1.29, 1.82) is 0 Å². The average molecular weight is 313 g/mol. The Bertz CT molecular complexity index is 537. The molecule has 8 nitrogen and oxygen atoms in total. The summed E-state index contributed by atoms with van der Waals surface area (Å²) in [5, 5.41) is 12.5. The normalized spacial score (nSPS) is 10.2. The molecule has 0 aliphatic carbocycles. The number of aliphatic carboxylic acids is 1. The van der Waals surface area contributed by atoms with Crippen LogP contribution in [0.1, 0.15) is 5.56 Å². The Kier molecular flexibility index (Phi) is 6.21. The van der Waals surface area contributed by atoms with Crippen LogP contribution in [0.25, 0.3) is 0 Å². The first-order valence-corrected chi connectivity index (χ1v) is 6.08. The number of nitrogens with zero attached hydrogens (tertiary/aromatic N) is 1. The van der Waals surface area contributed by atoms with E-state index in [1.807, 2.05) is 0 Å². The molecule has 1 aromatic rings. The van der Waals surface area contributed by atoms with Crippen molar-refractivity contribution >= 4 is 29.5 Å². The van der Waals surface area contributed by atoms with E-state index in [1.165, 1.54) is 20.4 Å². The van der Waals surface area contributed by atoms with Crippen molar-refractivity contribution in [2.75, 3.05) is 20.8 Å².